The van der Waals surface area contributed by atoms with Crippen LogP contribution in [0.3, 0.4) is 0 Å². The van der Waals surface area contributed by atoms with Gasteiger partial charge >= 0.3 is 0 Å². The summed E-state index contributed by atoms with van der Waals surface area (Å²) in [5, 5.41) is 8.10. The van der Waals surface area contributed by atoms with Crippen molar-refractivity contribution in [2.75, 3.05) is 44.3 Å². The van der Waals surface area contributed by atoms with Gasteiger partial charge in [-0.1, -0.05) is 0 Å². The lowest BCUT2D eigenvalue weighted by molar-refractivity contribution is -0.145. The van der Waals surface area contributed by atoms with Gasteiger partial charge in [0.1, 0.15) is 6.10 Å². The fraction of sp³-hybridized carbons (Fsp3) is 0.722. The first-order valence-electron chi connectivity index (χ1n) is 9.28. The molecule has 3 heterocycles. The molecule has 0 aliphatic carbocycles. The average molecular weight is 348 g/mol. The van der Waals surface area contributed by atoms with Gasteiger partial charge in [-0.05, 0) is 44.7 Å². The second-order valence-electron chi connectivity index (χ2n) is 6.71. The van der Waals surface area contributed by atoms with E-state index < -0.39 is 6.10 Å². The molecule has 0 radical (unpaired) electrons. The topological polar surface area (TPSA) is 67.8 Å². The van der Waals surface area contributed by atoms with E-state index in [-0.39, 0.29) is 12.0 Å². The minimum absolute atomic E-state index is 0.0665. The number of hydrogen-bond acceptors (Lipinski definition) is 6. The van der Waals surface area contributed by atoms with Crippen molar-refractivity contribution in [2.45, 2.75) is 44.8 Å². The standard InChI is InChI=1S/C18H28N4O3/c1-15(25-14-16-6-2-3-13-24-16)18(23)22-10-5-9-21(11-12-22)17-7-4-8-19-20-17/h4,7-8,15-16H,2-3,5-6,9-14H2,1H3/t15-,16+/m0/s1. The van der Waals surface area contributed by atoms with E-state index in [1.165, 1.54) is 6.42 Å². The Hall–Kier alpha value is -1.73. The third-order valence-corrected chi connectivity index (χ3v) is 4.84. The zero-order valence-electron chi connectivity index (χ0n) is 15.0. The van der Waals surface area contributed by atoms with Gasteiger partial charge in [-0.3, -0.25) is 4.79 Å². The minimum atomic E-state index is -0.423. The minimum Gasteiger partial charge on any atom is -0.376 e. The highest BCUT2D eigenvalue weighted by atomic mass is 16.5. The van der Waals surface area contributed by atoms with Crippen LogP contribution in [0.25, 0.3) is 0 Å². The molecule has 2 aliphatic rings. The van der Waals surface area contributed by atoms with Crippen LogP contribution in [0.15, 0.2) is 18.3 Å². The summed E-state index contributed by atoms with van der Waals surface area (Å²) in [6, 6.07) is 3.85. The third kappa shape index (κ3) is 5.12. The van der Waals surface area contributed by atoms with Gasteiger partial charge in [0.25, 0.3) is 5.91 Å². The summed E-state index contributed by atoms with van der Waals surface area (Å²) in [5.41, 5.74) is 0. The largest absolute Gasteiger partial charge is 0.376 e. The molecule has 25 heavy (non-hydrogen) atoms. The normalized spacial score (nSPS) is 23.2. The summed E-state index contributed by atoms with van der Waals surface area (Å²) >= 11 is 0. The van der Waals surface area contributed by atoms with Crippen molar-refractivity contribution in [3.05, 3.63) is 18.3 Å². The van der Waals surface area contributed by atoms with Gasteiger partial charge in [0.15, 0.2) is 5.82 Å². The average Bonchev–Trinajstić information content (AvgIpc) is 2.93. The van der Waals surface area contributed by atoms with E-state index in [4.69, 9.17) is 9.47 Å². The number of aromatic nitrogens is 2. The molecule has 2 saturated heterocycles. The summed E-state index contributed by atoms with van der Waals surface area (Å²) in [5.74, 6) is 0.937. The molecule has 0 unspecified atom stereocenters. The molecule has 2 fully saturated rings. The van der Waals surface area contributed by atoms with Gasteiger partial charge in [-0.15, -0.1) is 5.10 Å². The maximum absolute atomic E-state index is 12.7. The van der Waals surface area contributed by atoms with Crippen LogP contribution in [0.5, 0.6) is 0 Å². The molecule has 1 aromatic heterocycles. The predicted molar refractivity (Wildman–Crippen MR) is 94.4 cm³/mol. The van der Waals surface area contributed by atoms with Crippen LogP contribution in [0, 0.1) is 0 Å². The Morgan fingerprint density at radius 2 is 2.24 bits per heavy atom. The summed E-state index contributed by atoms with van der Waals surface area (Å²) in [6.07, 6.45) is 5.64. The lowest BCUT2D eigenvalue weighted by atomic mass is 10.1. The molecule has 2 aliphatic heterocycles. The lowest BCUT2D eigenvalue weighted by Gasteiger charge is -2.27. The van der Waals surface area contributed by atoms with E-state index in [1.807, 2.05) is 24.0 Å². The molecule has 0 bridgehead atoms. The highest BCUT2D eigenvalue weighted by Gasteiger charge is 2.25. The molecule has 1 amide bonds. The number of amides is 1. The molecule has 7 nitrogen and oxygen atoms in total. The van der Waals surface area contributed by atoms with Crippen molar-refractivity contribution in [3.8, 4) is 0 Å². The quantitative estimate of drug-likeness (QED) is 0.803. The summed E-state index contributed by atoms with van der Waals surface area (Å²) in [6.45, 7) is 6.24. The van der Waals surface area contributed by atoms with Gasteiger partial charge in [0, 0.05) is 39.0 Å². The Bertz CT molecular complexity index is 536. The number of carbonyl (C=O) groups is 1. The maximum atomic E-state index is 12.7. The molecular formula is C18H28N4O3. The fourth-order valence-electron chi connectivity index (χ4n) is 3.35. The lowest BCUT2D eigenvalue weighted by Crippen LogP contribution is -2.42. The zero-order chi connectivity index (χ0) is 17.5. The Kier molecular flexibility index (Phi) is 6.58. The van der Waals surface area contributed by atoms with E-state index in [0.29, 0.717) is 13.2 Å². The molecule has 7 heteroatoms. The van der Waals surface area contributed by atoms with E-state index in [1.54, 1.807) is 6.20 Å². The van der Waals surface area contributed by atoms with Crippen LogP contribution in [-0.2, 0) is 14.3 Å². The molecule has 0 N–H and O–H groups in total. The molecule has 0 aromatic carbocycles. The van der Waals surface area contributed by atoms with Crippen LogP contribution in [0.4, 0.5) is 5.82 Å². The summed E-state index contributed by atoms with van der Waals surface area (Å²) in [4.78, 5) is 16.8. The van der Waals surface area contributed by atoms with Crippen LogP contribution in [0.2, 0.25) is 0 Å². The van der Waals surface area contributed by atoms with E-state index in [0.717, 1.165) is 51.3 Å². The van der Waals surface area contributed by atoms with Crippen LogP contribution in [0.1, 0.15) is 32.6 Å². The third-order valence-electron chi connectivity index (χ3n) is 4.84. The second kappa shape index (κ2) is 9.10. The molecular weight excluding hydrogens is 320 g/mol. The Morgan fingerprint density at radius 3 is 3.00 bits per heavy atom. The first-order chi connectivity index (χ1) is 12.2. The molecule has 138 valence electrons. The zero-order valence-corrected chi connectivity index (χ0v) is 15.0. The first kappa shape index (κ1) is 18.1. The SMILES string of the molecule is C[C@H](OC[C@H]1CCCCO1)C(=O)N1CCCN(c2cccnn2)CC1. The van der Waals surface area contributed by atoms with E-state index >= 15 is 0 Å². The molecule has 3 rings (SSSR count). The first-order valence-corrected chi connectivity index (χ1v) is 9.28. The van der Waals surface area contributed by atoms with E-state index in [9.17, 15) is 4.79 Å². The van der Waals surface area contributed by atoms with Gasteiger partial charge in [-0.2, -0.15) is 5.10 Å². The van der Waals surface area contributed by atoms with Crippen LogP contribution >= 0.6 is 0 Å². The summed E-state index contributed by atoms with van der Waals surface area (Å²) < 4.78 is 11.5. The molecule has 2 atom stereocenters. The van der Waals surface area contributed by atoms with Crippen molar-refractivity contribution >= 4 is 11.7 Å². The second-order valence-corrected chi connectivity index (χ2v) is 6.71. The highest BCUT2D eigenvalue weighted by molar-refractivity contribution is 5.80. The number of carbonyl (C=O) groups excluding carboxylic acids is 1. The monoisotopic (exact) mass is 348 g/mol. The van der Waals surface area contributed by atoms with Gasteiger partial charge in [-0.25, -0.2) is 0 Å². The van der Waals surface area contributed by atoms with Gasteiger partial charge in [0.2, 0.25) is 0 Å². The smallest absolute Gasteiger partial charge is 0.251 e. The van der Waals surface area contributed by atoms with Crippen molar-refractivity contribution in [1.29, 1.82) is 0 Å². The highest BCUT2D eigenvalue weighted by Crippen LogP contribution is 2.15. The van der Waals surface area contributed by atoms with Crippen LogP contribution < -0.4 is 4.90 Å². The van der Waals surface area contributed by atoms with Crippen molar-refractivity contribution < 1.29 is 14.3 Å². The maximum Gasteiger partial charge on any atom is 0.251 e. The number of rotatable bonds is 5. The van der Waals surface area contributed by atoms with Gasteiger partial charge < -0.3 is 19.3 Å². The molecule has 1 aromatic rings. The number of anilines is 1. The van der Waals surface area contributed by atoms with Crippen LogP contribution in [-0.4, -0.2) is 72.6 Å². The fourth-order valence-corrected chi connectivity index (χ4v) is 3.35. The van der Waals surface area contributed by atoms with Gasteiger partial charge in [0.05, 0.1) is 12.7 Å². The van der Waals surface area contributed by atoms with Crippen molar-refractivity contribution in [1.82, 2.24) is 15.1 Å². The molecule has 0 spiro atoms. The van der Waals surface area contributed by atoms with Crippen molar-refractivity contribution in [2.24, 2.45) is 0 Å². The number of ether oxygens (including phenoxy) is 2. The Labute approximate surface area is 149 Å². The number of nitrogens with zero attached hydrogens (tertiary/aromatic N) is 4. The summed E-state index contributed by atoms with van der Waals surface area (Å²) in [7, 11) is 0. The Balaban J connectivity index is 1.46. The predicted octanol–water partition coefficient (Wildman–Crippen LogP) is 1.49. The van der Waals surface area contributed by atoms with E-state index in [2.05, 4.69) is 15.1 Å². The van der Waals surface area contributed by atoms with Crippen molar-refractivity contribution in [3.63, 3.8) is 0 Å². The molecule has 0 saturated carbocycles. The Morgan fingerprint density at radius 1 is 1.32 bits per heavy atom. The number of hydrogen-bond donors (Lipinski definition) is 0.